The van der Waals surface area contributed by atoms with Crippen LogP contribution in [-0.4, -0.2) is 50.6 Å². The van der Waals surface area contributed by atoms with E-state index < -0.39 is 11.9 Å². The van der Waals surface area contributed by atoms with Gasteiger partial charge >= 0.3 is 11.9 Å². The van der Waals surface area contributed by atoms with E-state index in [0.717, 1.165) is 38.0 Å². The van der Waals surface area contributed by atoms with E-state index in [1.165, 1.54) is 19.3 Å². The number of aliphatic hydroxyl groups excluding tert-OH is 2. The van der Waals surface area contributed by atoms with Gasteiger partial charge in [0.1, 0.15) is 0 Å². The van der Waals surface area contributed by atoms with Gasteiger partial charge in [-0.2, -0.15) is 0 Å². The summed E-state index contributed by atoms with van der Waals surface area (Å²) < 4.78 is 0. The summed E-state index contributed by atoms with van der Waals surface area (Å²) in [6, 6.07) is 0.284. The number of aliphatic carboxylic acids is 2. The Morgan fingerprint density at radius 1 is 0.833 bits per heavy atom. The highest BCUT2D eigenvalue weighted by Crippen LogP contribution is 2.66. The van der Waals surface area contributed by atoms with Crippen molar-refractivity contribution in [2.75, 3.05) is 0 Å². The molecule has 0 aromatic rings. The first-order valence-electron chi connectivity index (χ1n) is 11.2. The molecule has 4 fully saturated rings. The Balaban J connectivity index is 0.000000275. The van der Waals surface area contributed by atoms with Crippen molar-refractivity contribution in [3.05, 3.63) is 12.2 Å². The lowest BCUT2D eigenvalue weighted by atomic mass is 9.44. The topological polar surface area (TPSA) is 141 Å². The van der Waals surface area contributed by atoms with Crippen LogP contribution in [0.25, 0.3) is 0 Å². The maximum absolute atomic E-state index is 10.9. The zero-order chi connectivity index (χ0) is 22.3. The van der Waals surface area contributed by atoms with E-state index in [1.807, 2.05) is 0 Å². The van der Waals surface area contributed by atoms with E-state index in [4.69, 9.17) is 15.9 Å². The van der Waals surface area contributed by atoms with Gasteiger partial charge in [-0.05, 0) is 85.9 Å². The normalized spacial score (nSPS) is 47.4. The average molecular weight is 424 g/mol. The first kappa shape index (κ1) is 23.2. The molecule has 7 nitrogen and oxygen atoms in total. The summed E-state index contributed by atoms with van der Waals surface area (Å²) in [6.45, 7) is 4.75. The third-order valence-corrected chi connectivity index (χ3v) is 9.04. The quantitative estimate of drug-likeness (QED) is 0.429. The molecule has 0 radical (unpaired) electrons. The van der Waals surface area contributed by atoms with E-state index in [0.29, 0.717) is 29.9 Å². The van der Waals surface area contributed by atoms with Gasteiger partial charge in [0, 0.05) is 18.2 Å². The monoisotopic (exact) mass is 423 g/mol. The second kappa shape index (κ2) is 8.60. The molecule has 30 heavy (non-hydrogen) atoms. The van der Waals surface area contributed by atoms with Crippen molar-refractivity contribution < 1.29 is 30.0 Å². The molecule has 6 N–H and O–H groups in total. The second-order valence-electron chi connectivity index (χ2n) is 10.5. The van der Waals surface area contributed by atoms with Crippen LogP contribution < -0.4 is 5.73 Å². The lowest BCUT2D eigenvalue weighted by Crippen LogP contribution is -2.59. The molecule has 4 rings (SSSR count). The lowest BCUT2D eigenvalue weighted by molar-refractivity contribution is -0.164. The van der Waals surface area contributed by atoms with Crippen LogP contribution in [0.2, 0.25) is 0 Å². The van der Waals surface area contributed by atoms with Gasteiger partial charge in [0.15, 0.2) is 0 Å². The Hall–Kier alpha value is -1.44. The predicted molar refractivity (Wildman–Crippen MR) is 112 cm³/mol. The molecule has 0 aromatic carbocycles. The zero-order valence-electron chi connectivity index (χ0n) is 18.0. The van der Waals surface area contributed by atoms with Crippen molar-refractivity contribution >= 4 is 11.9 Å². The minimum Gasteiger partial charge on any atom is -0.478 e. The summed E-state index contributed by atoms with van der Waals surface area (Å²) >= 11 is 0. The molecule has 4 aliphatic carbocycles. The van der Waals surface area contributed by atoms with Crippen LogP contribution in [0.15, 0.2) is 12.2 Å². The summed E-state index contributed by atoms with van der Waals surface area (Å²) in [5, 5.41) is 37.0. The summed E-state index contributed by atoms with van der Waals surface area (Å²) in [4.78, 5) is 19.1. The smallest absolute Gasteiger partial charge is 0.328 e. The number of hydrogen-bond donors (Lipinski definition) is 5. The van der Waals surface area contributed by atoms with Crippen molar-refractivity contribution in [2.24, 2.45) is 40.2 Å². The van der Waals surface area contributed by atoms with E-state index in [9.17, 15) is 19.8 Å². The molecule has 4 saturated carbocycles. The molecular formula is C23H37NO6. The Morgan fingerprint density at radius 2 is 1.40 bits per heavy atom. The van der Waals surface area contributed by atoms with Crippen molar-refractivity contribution in [1.82, 2.24) is 0 Å². The highest BCUT2D eigenvalue weighted by Gasteiger charge is 2.61. The maximum Gasteiger partial charge on any atom is 0.328 e. The van der Waals surface area contributed by atoms with Gasteiger partial charge < -0.3 is 26.2 Å². The van der Waals surface area contributed by atoms with Crippen LogP contribution >= 0.6 is 0 Å². The number of carbonyl (C=O) groups is 2. The molecule has 7 heteroatoms. The number of carboxylic acids is 2. The van der Waals surface area contributed by atoms with Crippen LogP contribution in [0.4, 0.5) is 0 Å². The molecule has 9 atom stereocenters. The lowest BCUT2D eigenvalue weighted by Gasteiger charge is -2.62. The summed E-state index contributed by atoms with van der Waals surface area (Å²) in [5.41, 5.74) is 6.59. The Labute approximate surface area is 178 Å². The van der Waals surface area contributed by atoms with Crippen LogP contribution in [0, 0.1) is 34.5 Å². The SMILES string of the molecule is C[C@]12CC[C@H]3[C@@H](C[C@H](O)C4C[C@H](N)CC[C@@]43C)[C@@H]1CC[C@@H]2O.O=C(O)/C=C/C(=O)O. The summed E-state index contributed by atoms with van der Waals surface area (Å²) in [7, 11) is 0. The third kappa shape index (κ3) is 4.16. The molecular weight excluding hydrogens is 386 g/mol. The minimum absolute atomic E-state index is 0.106. The third-order valence-electron chi connectivity index (χ3n) is 9.04. The molecule has 0 saturated heterocycles. The Kier molecular flexibility index (Phi) is 6.65. The standard InChI is InChI=1S/C19H33NO2.C4H4O4/c1-18-7-5-11(20)9-15(18)16(21)10-12-13-3-4-17(22)19(13,2)8-6-14(12)18;5-3(6)1-2-4(7)8/h11-17,21-22H,3-10,20H2,1-2H3;1-2H,(H,5,6)(H,7,8)/b;2-1+/t11-,12+,13+,14+,15?,16+,17+,18-,19+;/m1./s1. The van der Waals surface area contributed by atoms with Crippen molar-refractivity contribution in [3.8, 4) is 0 Å². The van der Waals surface area contributed by atoms with Gasteiger partial charge in [-0.15, -0.1) is 0 Å². The number of hydrogen-bond acceptors (Lipinski definition) is 5. The van der Waals surface area contributed by atoms with Gasteiger partial charge in [0.25, 0.3) is 0 Å². The molecule has 0 spiro atoms. The number of rotatable bonds is 2. The number of aliphatic hydroxyl groups is 2. The van der Waals surface area contributed by atoms with E-state index in [2.05, 4.69) is 13.8 Å². The van der Waals surface area contributed by atoms with E-state index in [-0.39, 0.29) is 29.1 Å². The predicted octanol–water partition coefficient (Wildman–Crippen LogP) is 2.40. The second-order valence-corrected chi connectivity index (χ2v) is 10.5. The molecule has 1 unspecified atom stereocenters. The summed E-state index contributed by atoms with van der Waals surface area (Å²) in [6.07, 6.45) is 9.60. The van der Waals surface area contributed by atoms with Crippen LogP contribution in [0.1, 0.15) is 65.2 Å². The maximum atomic E-state index is 10.9. The minimum atomic E-state index is -1.26. The van der Waals surface area contributed by atoms with Gasteiger partial charge in [0.2, 0.25) is 0 Å². The summed E-state index contributed by atoms with van der Waals surface area (Å²) in [5.74, 6) is -0.157. The number of fused-ring (bicyclic) bond motifs is 5. The Morgan fingerprint density at radius 3 is 2.00 bits per heavy atom. The van der Waals surface area contributed by atoms with Gasteiger partial charge in [-0.3, -0.25) is 0 Å². The molecule has 0 aliphatic heterocycles. The fraction of sp³-hybridized carbons (Fsp3) is 0.826. The molecule has 4 aliphatic rings. The molecule has 0 aromatic heterocycles. The average Bonchev–Trinajstić information content (AvgIpc) is 2.97. The van der Waals surface area contributed by atoms with Crippen molar-refractivity contribution in [2.45, 2.75) is 83.5 Å². The Bertz CT molecular complexity index is 679. The first-order chi connectivity index (χ1) is 14.0. The fourth-order valence-corrected chi connectivity index (χ4v) is 7.45. The van der Waals surface area contributed by atoms with Crippen LogP contribution in [0.3, 0.4) is 0 Å². The molecule has 170 valence electrons. The molecule has 0 heterocycles. The zero-order valence-corrected chi connectivity index (χ0v) is 18.0. The van der Waals surface area contributed by atoms with Gasteiger partial charge in [-0.1, -0.05) is 13.8 Å². The highest BCUT2D eigenvalue weighted by atomic mass is 16.4. The van der Waals surface area contributed by atoms with Crippen LogP contribution in [0.5, 0.6) is 0 Å². The molecule has 0 amide bonds. The van der Waals surface area contributed by atoms with E-state index in [1.54, 1.807) is 0 Å². The van der Waals surface area contributed by atoms with Gasteiger partial charge in [-0.25, -0.2) is 9.59 Å². The van der Waals surface area contributed by atoms with Crippen LogP contribution in [-0.2, 0) is 9.59 Å². The largest absolute Gasteiger partial charge is 0.478 e. The van der Waals surface area contributed by atoms with Crippen molar-refractivity contribution in [3.63, 3.8) is 0 Å². The first-order valence-corrected chi connectivity index (χ1v) is 11.2. The number of nitrogens with two attached hydrogens (primary N) is 1. The van der Waals surface area contributed by atoms with E-state index >= 15 is 0 Å². The fourth-order valence-electron chi connectivity index (χ4n) is 7.45. The molecule has 0 bridgehead atoms. The van der Waals surface area contributed by atoms with Gasteiger partial charge in [0.05, 0.1) is 12.2 Å². The number of carboxylic acid groups (broad SMARTS) is 2. The van der Waals surface area contributed by atoms with Crippen molar-refractivity contribution in [1.29, 1.82) is 0 Å². The highest BCUT2D eigenvalue weighted by molar-refractivity contribution is 5.89.